The highest BCUT2D eigenvalue weighted by molar-refractivity contribution is 6.40. The van der Waals surface area contributed by atoms with E-state index < -0.39 is 0 Å². The van der Waals surface area contributed by atoms with Crippen molar-refractivity contribution in [3.8, 4) is 11.5 Å². The number of piperidine rings is 1. The minimum Gasteiger partial charge on any atom is -0.504 e. The average molecular weight is 391 g/mol. The molecule has 1 aromatic carbocycles. The fraction of sp³-hybridized carbons (Fsp3) is 0.739. The summed E-state index contributed by atoms with van der Waals surface area (Å²) in [5, 5.41) is 11.0. The molecule has 8 rings (SSSR count). The molecule has 4 bridgehead atoms. The normalized spacial score (nSPS) is 44.4. The Hall–Kier alpha value is -1.13. The molecule has 1 N–H and O–H groups in total. The maximum absolute atomic E-state index is 10.7. The summed E-state index contributed by atoms with van der Waals surface area (Å²) in [5.41, 5.74) is 2.87. The van der Waals surface area contributed by atoms with E-state index in [1.807, 2.05) is 13.2 Å². The number of aromatic hydroxyl groups is 1. The fourth-order valence-electron chi connectivity index (χ4n) is 9.06. The summed E-state index contributed by atoms with van der Waals surface area (Å²) in [6, 6.07) is 4.64. The zero-order valence-corrected chi connectivity index (χ0v) is 18.0. The molecule has 7 aliphatic rings. The second-order valence-corrected chi connectivity index (χ2v) is 11.4. The second kappa shape index (κ2) is 5.02. The quantitative estimate of drug-likeness (QED) is 0.790. The van der Waals surface area contributed by atoms with Crippen LogP contribution >= 0.6 is 0 Å². The molecule has 0 aromatic heterocycles. The van der Waals surface area contributed by atoms with E-state index in [0.717, 1.165) is 43.9 Å². The van der Waals surface area contributed by atoms with Gasteiger partial charge in [-0.1, -0.05) is 6.07 Å². The molecule has 5 aliphatic carbocycles. The van der Waals surface area contributed by atoms with Gasteiger partial charge < -0.3 is 19.5 Å². The average Bonchev–Trinajstić information content (AvgIpc) is 3.51. The van der Waals surface area contributed by atoms with Gasteiger partial charge in [-0.05, 0) is 86.2 Å². The van der Waals surface area contributed by atoms with E-state index in [1.54, 1.807) is 0 Å². The molecule has 29 heavy (non-hydrogen) atoms. The van der Waals surface area contributed by atoms with Gasteiger partial charge in [0.1, 0.15) is 27.4 Å². The van der Waals surface area contributed by atoms with Crippen molar-refractivity contribution in [3.05, 3.63) is 23.3 Å². The van der Waals surface area contributed by atoms with Crippen LogP contribution in [0, 0.1) is 11.3 Å². The third-order valence-corrected chi connectivity index (χ3v) is 10.6. The largest absolute Gasteiger partial charge is 0.504 e. The molecule has 4 nitrogen and oxygen atoms in total. The van der Waals surface area contributed by atoms with Gasteiger partial charge >= 0.3 is 0 Å². The van der Waals surface area contributed by atoms with Crippen LogP contribution in [0.2, 0.25) is 0 Å². The van der Waals surface area contributed by atoms with E-state index in [-0.39, 0.29) is 27.9 Å². The standard InChI is InChI=1S/C23H31B2NO3/c1-28-21-8-6-20(7-9-21)16-12-13-2-5-15(27)18-17(13)22(20,19(21)29-18)10-11-26(16)23(24,25)14-3-4-14/h2,5,14,16,19,27H,3-4,6-12,24-25H2,1H3/t16-,19+,20-,21-,22+/m1/s1. The lowest BCUT2D eigenvalue weighted by Gasteiger charge is -2.73. The monoisotopic (exact) mass is 391 g/mol. The third-order valence-electron chi connectivity index (χ3n) is 10.6. The van der Waals surface area contributed by atoms with Gasteiger partial charge in [0, 0.05) is 24.1 Å². The van der Waals surface area contributed by atoms with E-state index in [2.05, 4.69) is 26.7 Å². The van der Waals surface area contributed by atoms with Crippen molar-refractivity contribution in [2.45, 2.75) is 79.9 Å². The third kappa shape index (κ3) is 1.70. The molecule has 4 saturated carbocycles. The molecule has 2 spiro atoms. The molecule has 2 aliphatic heterocycles. The number of likely N-dealkylation sites (tertiary alicyclic amines) is 1. The number of nitrogens with zero attached hydrogens (tertiary/aromatic N) is 1. The molecule has 152 valence electrons. The summed E-state index contributed by atoms with van der Waals surface area (Å²) in [6.45, 7) is 1.14. The van der Waals surface area contributed by atoms with Gasteiger partial charge in [-0.2, -0.15) is 0 Å². The number of methoxy groups -OCH3 is 1. The molecule has 0 radical (unpaired) electrons. The zero-order valence-electron chi connectivity index (χ0n) is 18.0. The molecule has 1 aromatic rings. The molecule has 0 unspecified atom stereocenters. The lowest BCUT2D eigenvalue weighted by Crippen LogP contribution is -2.80. The predicted molar refractivity (Wildman–Crippen MR) is 116 cm³/mol. The van der Waals surface area contributed by atoms with Crippen molar-refractivity contribution in [1.29, 1.82) is 0 Å². The first kappa shape index (κ1) is 17.5. The van der Waals surface area contributed by atoms with Crippen molar-refractivity contribution in [1.82, 2.24) is 4.90 Å². The van der Waals surface area contributed by atoms with Crippen LogP contribution in [0.15, 0.2) is 12.1 Å². The second-order valence-electron chi connectivity index (χ2n) is 11.4. The number of rotatable bonds is 3. The van der Waals surface area contributed by atoms with E-state index in [1.165, 1.54) is 36.8 Å². The Morgan fingerprint density at radius 2 is 1.93 bits per heavy atom. The molecule has 0 amide bonds. The number of benzene rings is 1. The Morgan fingerprint density at radius 1 is 1.17 bits per heavy atom. The Morgan fingerprint density at radius 3 is 2.62 bits per heavy atom. The van der Waals surface area contributed by atoms with Crippen LogP contribution < -0.4 is 4.74 Å². The van der Waals surface area contributed by atoms with Crippen molar-refractivity contribution in [2.24, 2.45) is 11.3 Å². The van der Waals surface area contributed by atoms with Gasteiger partial charge in [0.2, 0.25) is 0 Å². The lowest BCUT2D eigenvalue weighted by atomic mass is 9.36. The van der Waals surface area contributed by atoms with Crippen molar-refractivity contribution >= 4 is 15.7 Å². The van der Waals surface area contributed by atoms with E-state index in [0.29, 0.717) is 11.8 Å². The zero-order chi connectivity index (χ0) is 19.8. The molecule has 2 heterocycles. The number of phenols is 1. The maximum Gasteiger partial charge on any atom is 0.165 e. The Bertz CT molecular complexity index is 921. The van der Waals surface area contributed by atoms with Crippen LogP contribution in [0.5, 0.6) is 11.5 Å². The van der Waals surface area contributed by atoms with E-state index >= 15 is 0 Å². The van der Waals surface area contributed by atoms with Gasteiger partial charge in [-0.15, -0.1) is 0 Å². The first-order valence-electron chi connectivity index (χ1n) is 11.7. The number of fused-ring (bicyclic) bond motifs is 2. The highest BCUT2D eigenvalue weighted by Crippen LogP contribution is 2.76. The van der Waals surface area contributed by atoms with Gasteiger partial charge in [0.15, 0.2) is 11.5 Å². The molecular weight excluding hydrogens is 360 g/mol. The van der Waals surface area contributed by atoms with Crippen LogP contribution in [0.3, 0.4) is 0 Å². The Balaban J connectivity index is 1.48. The minimum atomic E-state index is -0.194. The number of phenolic OH excluding ortho intramolecular Hbond substituents is 1. The van der Waals surface area contributed by atoms with Crippen molar-refractivity contribution in [2.75, 3.05) is 13.7 Å². The van der Waals surface area contributed by atoms with Gasteiger partial charge in [-0.25, -0.2) is 0 Å². The highest BCUT2D eigenvalue weighted by Gasteiger charge is 2.79. The van der Waals surface area contributed by atoms with E-state index in [9.17, 15) is 5.11 Å². The van der Waals surface area contributed by atoms with Crippen LogP contribution in [0.1, 0.15) is 56.1 Å². The van der Waals surface area contributed by atoms with Gasteiger partial charge in [-0.3, -0.25) is 0 Å². The smallest absolute Gasteiger partial charge is 0.165 e. The number of ether oxygens (including phenoxy) is 2. The lowest BCUT2D eigenvalue weighted by molar-refractivity contribution is -0.254. The molecule has 1 saturated heterocycles. The van der Waals surface area contributed by atoms with Gasteiger partial charge in [0.05, 0.1) is 0 Å². The van der Waals surface area contributed by atoms with Crippen LogP contribution in [0.4, 0.5) is 0 Å². The summed E-state index contributed by atoms with van der Waals surface area (Å²) >= 11 is 0. The topological polar surface area (TPSA) is 41.9 Å². The van der Waals surface area contributed by atoms with Crippen molar-refractivity contribution in [3.63, 3.8) is 0 Å². The summed E-state index contributed by atoms with van der Waals surface area (Å²) in [4.78, 5) is 2.92. The van der Waals surface area contributed by atoms with Crippen LogP contribution in [-0.2, 0) is 16.6 Å². The minimum absolute atomic E-state index is 0.0158. The van der Waals surface area contributed by atoms with Gasteiger partial charge in [0.25, 0.3) is 0 Å². The first-order valence-corrected chi connectivity index (χ1v) is 11.7. The number of hydrogen-bond acceptors (Lipinski definition) is 4. The summed E-state index contributed by atoms with van der Waals surface area (Å²) in [6.07, 6.45) is 9.73. The Labute approximate surface area is 175 Å². The van der Waals surface area contributed by atoms with Crippen molar-refractivity contribution < 1.29 is 14.6 Å². The summed E-state index contributed by atoms with van der Waals surface area (Å²) in [5.74, 6) is 1.97. The SMILES string of the molecule is BC(B)(C1CC1)N1CC[C@]23c4c5ccc(O)c4O[C@H]2[C@]2(OC)CC[C@]3(CC2)[C@H]1C5. The molecular formula is C23H31B2NO3. The Kier molecular flexibility index (Phi) is 3.03. The van der Waals surface area contributed by atoms with Crippen LogP contribution in [0.25, 0.3) is 0 Å². The highest BCUT2D eigenvalue weighted by atomic mass is 16.6. The molecule has 6 heteroatoms. The fourth-order valence-corrected chi connectivity index (χ4v) is 9.06. The molecule has 3 atom stereocenters. The maximum atomic E-state index is 10.7. The molecule has 5 fully saturated rings. The van der Waals surface area contributed by atoms with E-state index in [4.69, 9.17) is 9.47 Å². The summed E-state index contributed by atoms with van der Waals surface area (Å²) < 4.78 is 13.0. The number of hydrogen-bond donors (Lipinski definition) is 1. The first-order chi connectivity index (χ1) is 13.9. The summed E-state index contributed by atoms with van der Waals surface area (Å²) in [7, 11) is 6.89. The van der Waals surface area contributed by atoms with Crippen LogP contribution in [-0.4, -0.2) is 62.4 Å². The predicted octanol–water partition coefficient (Wildman–Crippen LogP) is 1.31.